The Labute approximate surface area is 118 Å². The van der Waals surface area contributed by atoms with Gasteiger partial charge in [-0.05, 0) is 22.0 Å². The monoisotopic (exact) mass is 326 g/mol. The maximum absolute atomic E-state index is 13.0. The van der Waals surface area contributed by atoms with E-state index in [2.05, 4.69) is 25.9 Å². The van der Waals surface area contributed by atoms with Crippen LogP contribution in [0.5, 0.6) is 0 Å². The lowest BCUT2D eigenvalue weighted by Crippen LogP contribution is -2.27. The Morgan fingerprint density at radius 2 is 2.26 bits per heavy atom. The van der Waals surface area contributed by atoms with Crippen LogP contribution in [0.25, 0.3) is 0 Å². The van der Waals surface area contributed by atoms with Crippen molar-refractivity contribution in [1.29, 1.82) is 0 Å². The number of hydrogen-bond acceptors (Lipinski definition) is 3. The third kappa shape index (κ3) is 2.98. The van der Waals surface area contributed by atoms with Gasteiger partial charge in [0.25, 0.3) is 5.91 Å². The Balaban J connectivity index is 2.15. The second kappa shape index (κ2) is 5.48. The fraction of sp³-hybridized carbons (Fsp3) is 0.250. The van der Waals surface area contributed by atoms with Gasteiger partial charge in [0.15, 0.2) is 0 Å². The SMILES string of the molecule is CN(Cc1nccn1C)C(=O)c1cnc(F)c(Br)c1. The zero-order valence-electron chi connectivity index (χ0n) is 10.5. The number of rotatable bonds is 3. The van der Waals surface area contributed by atoms with Crippen LogP contribution in [0.3, 0.4) is 0 Å². The van der Waals surface area contributed by atoms with Gasteiger partial charge in [0.1, 0.15) is 5.82 Å². The van der Waals surface area contributed by atoms with Gasteiger partial charge < -0.3 is 9.47 Å². The van der Waals surface area contributed by atoms with Gasteiger partial charge in [-0.1, -0.05) is 0 Å². The summed E-state index contributed by atoms with van der Waals surface area (Å²) < 4.78 is 15.0. The molecule has 0 bridgehead atoms. The van der Waals surface area contributed by atoms with Crippen molar-refractivity contribution in [3.05, 3.63) is 46.5 Å². The molecule has 0 N–H and O–H groups in total. The van der Waals surface area contributed by atoms with Crippen molar-refractivity contribution >= 4 is 21.8 Å². The molecule has 0 saturated carbocycles. The van der Waals surface area contributed by atoms with Crippen molar-refractivity contribution in [2.24, 2.45) is 7.05 Å². The number of nitrogens with zero attached hydrogens (tertiary/aromatic N) is 4. The average molecular weight is 327 g/mol. The molecular formula is C12H12BrFN4O. The minimum Gasteiger partial charge on any atom is -0.337 e. The zero-order chi connectivity index (χ0) is 14.0. The van der Waals surface area contributed by atoms with Gasteiger partial charge in [0.05, 0.1) is 16.6 Å². The van der Waals surface area contributed by atoms with Gasteiger partial charge in [0, 0.05) is 32.7 Å². The van der Waals surface area contributed by atoms with Gasteiger partial charge in [0.2, 0.25) is 5.95 Å². The first-order valence-electron chi connectivity index (χ1n) is 5.51. The molecule has 7 heteroatoms. The van der Waals surface area contributed by atoms with Crippen LogP contribution in [-0.2, 0) is 13.6 Å². The van der Waals surface area contributed by atoms with Crippen LogP contribution >= 0.6 is 15.9 Å². The summed E-state index contributed by atoms with van der Waals surface area (Å²) in [5.41, 5.74) is 0.324. The van der Waals surface area contributed by atoms with Crippen molar-refractivity contribution in [1.82, 2.24) is 19.4 Å². The fourth-order valence-electron chi connectivity index (χ4n) is 1.59. The van der Waals surface area contributed by atoms with Crippen LogP contribution in [-0.4, -0.2) is 32.4 Å². The van der Waals surface area contributed by atoms with Crippen molar-refractivity contribution in [2.75, 3.05) is 7.05 Å². The summed E-state index contributed by atoms with van der Waals surface area (Å²) in [6, 6.07) is 1.42. The number of aryl methyl sites for hydroxylation is 1. The number of hydrogen-bond donors (Lipinski definition) is 0. The van der Waals surface area contributed by atoms with Gasteiger partial charge in [-0.2, -0.15) is 4.39 Å². The first-order chi connectivity index (χ1) is 8.99. The first kappa shape index (κ1) is 13.7. The summed E-state index contributed by atoms with van der Waals surface area (Å²) in [5, 5.41) is 0. The molecule has 0 aromatic carbocycles. The second-order valence-electron chi connectivity index (χ2n) is 4.11. The molecule has 2 aromatic rings. The highest BCUT2D eigenvalue weighted by molar-refractivity contribution is 9.10. The van der Waals surface area contributed by atoms with Crippen LogP contribution in [0.4, 0.5) is 4.39 Å². The van der Waals surface area contributed by atoms with Crippen LogP contribution in [0.1, 0.15) is 16.2 Å². The lowest BCUT2D eigenvalue weighted by Gasteiger charge is -2.16. The third-order valence-corrected chi connectivity index (χ3v) is 3.25. The average Bonchev–Trinajstić information content (AvgIpc) is 2.77. The standard InChI is InChI=1S/C12H12BrFN4O/c1-17-4-3-15-10(17)7-18(2)12(19)8-5-9(13)11(14)16-6-8/h3-6H,7H2,1-2H3. The molecule has 0 spiro atoms. The Hall–Kier alpha value is -1.76. The Bertz CT molecular complexity index is 614. The third-order valence-electron chi connectivity index (χ3n) is 2.69. The van der Waals surface area contributed by atoms with E-state index in [1.54, 1.807) is 13.2 Å². The fourth-order valence-corrected chi connectivity index (χ4v) is 1.94. The summed E-state index contributed by atoms with van der Waals surface area (Å²) in [6.45, 7) is 0.372. The summed E-state index contributed by atoms with van der Waals surface area (Å²) in [6.07, 6.45) is 4.70. The van der Waals surface area contributed by atoms with E-state index in [4.69, 9.17) is 0 Å². The van der Waals surface area contributed by atoms with Gasteiger partial charge in [-0.15, -0.1) is 0 Å². The summed E-state index contributed by atoms with van der Waals surface area (Å²) in [4.78, 5) is 21.3. The van der Waals surface area contributed by atoms with Crippen molar-refractivity contribution in [2.45, 2.75) is 6.54 Å². The highest BCUT2D eigenvalue weighted by atomic mass is 79.9. The lowest BCUT2D eigenvalue weighted by atomic mass is 10.2. The van der Waals surface area contributed by atoms with Gasteiger partial charge in [-0.3, -0.25) is 4.79 Å². The molecule has 0 unspecified atom stereocenters. The molecule has 19 heavy (non-hydrogen) atoms. The highest BCUT2D eigenvalue weighted by Crippen LogP contribution is 2.16. The van der Waals surface area contributed by atoms with E-state index < -0.39 is 5.95 Å². The van der Waals surface area contributed by atoms with E-state index in [0.717, 1.165) is 5.82 Å². The molecule has 0 aliphatic carbocycles. The zero-order valence-corrected chi connectivity index (χ0v) is 12.1. The van der Waals surface area contributed by atoms with Crippen molar-refractivity contribution < 1.29 is 9.18 Å². The maximum Gasteiger partial charge on any atom is 0.255 e. The number of imidazole rings is 1. The lowest BCUT2D eigenvalue weighted by molar-refractivity contribution is 0.0780. The number of pyridine rings is 1. The molecule has 100 valence electrons. The Morgan fingerprint density at radius 1 is 1.53 bits per heavy atom. The number of carbonyl (C=O) groups excluding carboxylic acids is 1. The Morgan fingerprint density at radius 3 is 2.84 bits per heavy atom. The number of aromatic nitrogens is 3. The van der Waals surface area contributed by atoms with Gasteiger partial charge in [-0.25, -0.2) is 9.97 Å². The van der Waals surface area contributed by atoms with Crippen molar-refractivity contribution in [3.63, 3.8) is 0 Å². The number of amides is 1. The summed E-state index contributed by atoms with van der Waals surface area (Å²) >= 11 is 3.01. The predicted octanol–water partition coefficient (Wildman–Crippen LogP) is 1.99. The van der Waals surface area contributed by atoms with E-state index >= 15 is 0 Å². The molecule has 0 aliphatic rings. The summed E-state index contributed by atoms with van der Waals surface area (Å²) in [5.74, 6) is -0.107. The topological polar surface area (TPSA) is 51.0 Å². The smallest absolute Gasteiger partial charge is 0.255 e. The number of carbonyl (C=O) groups is 1. The van der Waals surface area contributed by atoms with E-state index in [0.29, 0.717) is 12.1 Å². The molecule has 0 atom stereocenters. The van der Waals surface area contributed by atoms with E-state index in [-0.39, 0.29) is 10.4 Å². The van der Waals surface area contributed by atoms with Crippen LogP contribution < -0.4 is 0 Å². The molecule has 0 aliphatic heterocycles. The molecular weight excluding hydrogens is 315 g/mol. The molecule has 0 radical (unpaired) electrons. The van der Waals surface area contributed by atoms with E-state index in [1.165, 1.54) is 17.2 Å². The van der Waals surface area contributed by atoms with E-state index in [1.807, 2.05) is 17.8 Å². The van der Waals surface area contributed by atoms with Crippen molar-refractivity contribution in [3.8, 4) is 0 Å². The quantitative estimate of drug-likeness (QED) is 0.810. The maximum atomic E-state index is 13.0. The molecule has 2 rings (SSSR count). The van der Waals surface area contributed by atoms with Gasteiger partial charge >= 0.3 is 0 Å². The molecule has 5 nitrogen and oxygen atoms in total. The largest absolute Gasteiger partial charge is 0.337 e. The Kier molecular flexibility index (Phi) is 3.94. The second-order valence-corrected chi connectivity index (χ2v) is 4.97. The summed E-state index contributed by atoms with van der Waals surface area (Å²) in [7, 11) is 3.52. The van der Waals surface area contributed by atoms with Crippen LogP contribution in [0, 0.1) is 5.95 Å². The normalized spacial score (nSPS) is 10.5. The van der Waals surface area contributed by atoms with E-state index in [9.17, 15) is 9.18 Å². The molecule has 2 aromatic heterocycles. The highest BCUT2D eigenvalue weighted by Gasteiger charge is 2.15. The molecule has 1 amide bonds. The van der Waals surface area contributed by atoms with Crippen LogP contribution in [0.15, 0.2) is 29.1 Å². The minimum absolute atomic E-state index is 0.170. The predicted molar refractivity (Wildman–Crippen MR) is 70.9 cm³/mol. The van der Waals surface area contributed by atoms with Crippen LogP contribution in [0.2, 0.25) is 0 Å². The minimum atomic E-state index is -0.636. The molecule has 0 saturated heterocycles. The first-order valence-corrected chi connectivity index (χ1v) is 6.31. The molecule has 2 heterocycles. The number of halogens is 2. The molecule has 0 fully saturated rings.